The summed E-state index contributed by atoms with van der Waals surface area (Å²) in [5, 5.41) is 0. The van der Waals surface area contributed by atoms with Gasteiger partial charge in [-0.15, -0.1) is 0 Å². The van der Waals surface area contributed by atoms with Gasteiger partial charge in [-0.1, -0.05) is 66.4 Å². The lowest BCUT2D eigenvalue weighted by atomic mass is 10.2. The molecule has 0 spiro atoms. The number of hydrogen-bond acceptors (Lipinski definition) is 5. The third kappa shape index (κ3) is 4.63. The van der Waals surface area contributed by atoms with Crippen LogP contribution in [0.5, 0.6) is 5.75 Å². The number of nitrogens with zero attached hydrogens (tertiary/aromatic N) is 1. The number of hydrogen-bond donors (Lipinski definition) is 0. The predicted molar refractivity (Wildman–Crippen MR) is 116 cm³/mol. The second-order valence-corrected chi connectivity index (χ2v) is 8.45. The molecule has 1 atom stereocenters. The highest BCUT2D eigenvalue weighted by molar-refractivity contribution is 8.26. The van der Waals surface area contributed by atoms with E-state index in [4.69, 9.17) is 21.7 Å². The standard InChI is InChI=1S/C22H21NO3S2/c24-21-20(28-22(27)23(21)14-19-7-4-12-25-19)13-16-8-10-18(11-9-16)26-15-17-5-2-1-3-6-17/h1-3,5-6,8-11,13,19H,4,7,12,14-15H2/b20-13-. The summed E-state index contributed by atoms with van der Waals surface area (Å²) >= 11 is 6.75. The van der Waals surface area contributed by atoms with E-state index in [-0.39, 0.29) is 12.0 Å². The monoisotopic (exact) mass is 411 g/mol. The maximum absolute atomic E-state index is 12.7. The molecule has 2 aromatic carbocycles. The van der Waals surface area contributed by atoms with Gasteiger partial charge in [0.05, 0.1) is 17.6 Å². The minimum Gasteiger partial charge on any atom is -0.489 e. The zero-order valence-electron chi connectivity index (χ0n) is 15.4. The van der Waals surface area contributed by atoms with Crippen molar-refractivity contribution in [3.63, 3.8) is 0 Å². The first kappa shape index (κ1) is 19.2. The minimum atomic E-state index is -0.0325. The van der Waals surface area contributed by atoms with Crippen molar-refractivity contribution in [1.29, 1.82) is 0 Å². The fourth-order valence-corrected chi connectivity index (χ4v) is 4.48. The summed E-state index contributed by atoms with van der Waals surface area (Å²) in [6.07, 6.45) is 4.02. The molecule has 0 aliphatic carbocycles. The molecule has 28 heavy (non-hydrogen) atoms. The van der Waals surface area contributed by atoms with E-state index in [9.17, 15) is 4.79 Å². The molecule has 2 saturated heterocycles. The lowest BCUT2D eigenvalue weighted by Gasteiger charge is -2.18. The van der Waals surface area contributed by atoms with E-state index < -0.39 is 0 Å². The Morgan fingerprint density at radius 2 is 1.96 bits per heavy atom. The predicted octanol–water partition coefficient (Wildman–Crippen LogP) is 4.65. The Hall–Kier alpha value is -2.15. The Morgan fingerprint density at radius 3 is 2.68 bits per heavy atom. The molecule has 2 aliphatic heterocycles. The van der Waals surface area contributed by atoms with Crippen LogP contribution in [0.4, 0.5) is 0 Å². The molecule has 2 aliphatic rings. The molecular weight excluding hydrogens is 390 g/mol. The SMILES string of the molecule is O=C1/C(=C/c2ccc(OCc3ccccc3)cc2)SC(=S)N1CC1CCCO1. The highest BCUT2D eigenvalue weighted by Crippen LogP contribution is 2.33. The summed E-state index contributed by atoms with van der Waals surface area (Å²) in [5.41, 5.74) is 2.08. The molecule has 4 rings (SSSR count). The number of thioether (sulfide) groups is 1. The molecule has 0 bridgehead atoms. The Labute approximate surface area is 174 Å². The molecule has 0 radical (unpaired) electrons. The second kappa shape index (κ2) is 8.90. The first-order valence-corrected chi connectivity index (χ1v) is 10.6. The van der Waals surface area contributed by atoms with Crippen LogP contribution in [0, 0.1) is 0 Å². The number of rotatable bonds is 6. The number of thiocarbonyl (C=S) groups is 1. The molecule has 0 saturated carbocycles. The third-order valence-corrected chi connectivity index (χ3v) is 6.09. The summed E-state index contributed by atoms with van der Waals surface area (Å²) in [6, 6.07) is 17.8. The fourth-order valence-electron chi connectivity index (χ4n) is 3.20. The largest absolute Gasteiger partial charge is 0.489 e. The van der Waals surface area contributed by atoms with E-state index in [2.05, 4.69) is 0 Å². The van der Waals surface area contributed by atoms with Crippen LogP contribution in [0.25, 0.3) is 6.08 Å². The van der Waals surface area contributed by atoms with Crippen LogP contribution in [-0.2, 0) is 16.1 Å². The van der Waals surface area contributed by atoms with Crippen LogP contribution in [0.2, 0.25) is 0 Å². The van der Waals surface area contributed by atoms with Gasteiger partial charge in [-0.3, -0.25) is 9.69 Å². The van der Waals surface area contributed by atoms with Gasteiger partial charge in [0.2, 0.25) is 0 Å². The first-order valence-electron chi connectivity index (χ1n) is 9.33. The Morgan fingerprint density at radius 1 is 1.18 bits per heavy atom. The molecule has 2 fully saturated rings. The molecular formula is C22H21NO3S2. The molecule has 0 aromatic heterocycles. The van der Waals surface area contributed by atoms with E-state index in [0.29, 0.717) is 22.4 Å². The topological polar surface area (TPSA) is 38.8 Å². The van der Waals surface area contributed by atoms with Gasteiger partial charge in [-0.25, -0.2) is 0 Å². The maximum atomic E-state index is 12.7. The second-order valence-electron chi connectivity index (χ2n) is 6.77. The molecule has 1 amide bonds. The van der Waals surface area contributed by atoms with Crippen LogP contribution < -0.4 is 4.74 Å². The Balaban J connectivity index is 1.38. The summed E-state index contributed by atoms with van der Waals surface area (Å²) in [6.45, 7) is 1.85. The summed E-state index contributed by atoms with van der Waals surface area (Å²) in [4.78, 5) is 15.0. The molecule has 1 unspecified atom stereocenters. The van der Waals surface area contributed by atoms with Gasteiger partial charge in [0.25, 0.3) is 5.91 Å². The average Bonchev–Trinajstić information content (AvgIpc) is 3.33. The molecule has 6 heteroatoms. The van der Waals surface area contributed by atoms with Crippen molar-refractivity contribution in [2.45, 2.75) is 25.6 Å². The Kier molecular flexibility index (Phi) is 6.10. The lowest BCUT2D eigenvalue weighted by Crippen LogP contribution is -2.35. The van der Waals surface area contributed by atoms with Gasteiger partial charge in [0, 0.05) is 6.61 Å². The molecule has 2 heterocycles. The van der Waals surface area contributed by atoms with E-state index in [1.807, 2.05) is 60.7 Å². The van der Waals surface area contributed by atoms with E-state index >= 15 is 0 Å². The number of carbonyl (C=O) groups excluding carboxylic acids is 1. The minimum absolute atomic E-state index is 0.0325. The zero-order chi connectivity index (χ0) is 19.3. The maximum Gasteiger partial charge on any atom is 0.266 e. The van der Waals surface area contributed by atoms with Gasteiger partial charge in [0.1, 0.15) is 16.7 Å². The van der Waals surface area contributed by atoms with E-state index in [1.54, 1.807) is 4.90 Å². The highest BCUT2D eigenvalue weighted by Gasteiger charge is 2.34. The fraction of sp³-hybridized carbons (Fsp3) is 0.273. The third-order valence-electron chi connectivity index (χ3n) is 4.71. The zero-order valence-corrected chi connectivity index (χ0v) is 17.0. The average molecular weight is 412 g/mol. The van der Waals surface area contributed by atoms with Crippen molar-refractivity contribution in [1.82, 2.24) is 4.90 Å². The van der Waals surface area contributed by atoms with Crippen LogP contribution in [0.15, 0.2) is 59.5 Å². The number of carbonyl (C=O) groups is 1. The quantitative estimate of drug-likeness (QED) is 0.511. The van der Waals surface area contributed by atoms with Crippen molar-refractivity contribution >= 4 is 40.3 Å². The molecule has 4 nitrogen and oxygen atoms in total. The normalized spacial score (nSPS) is 20.9. The van der Waals surface area contributed by atoms with Crippen LogP contribution in [0.1, 0.15) is 24.0 Å². The van der Waals surface area contributed by atoms with Gasteiger partial charge in [-0.2, -0.15) is 0 Å². The van der Waals surface area contributed by atoms with E-state index in [1.165, 1.54) is 11.8 Å². The van der Waals surface area contributed by atoms with Gasteiger partial charge >= 0.3 is 0 Å². The van der Waals surface area contributed by atoms with Gasteiger partial charge in [-0.05, 0) is 42.2 Å². The number of benzene rings is 2. The van der Waals surface area contributed by atoms with Crippen molar-refractivity contribution in [2.24, 2.45) is 0 Å². The molecule has 0 N–H and O–H groups in total. The summed E-state index contributed by atoms with van der Waals surface area (Å²) < 4.78 is 12.1. The Bertz CT molecular complexity index is 874. The number of amides is 1. The molecule has 144 valence electrons. The van der Waals surface area contributed by atoms with Crippen molar-refractivity contribution in [2.75, 3.05) is 13.2 Å². The smallest absolute Gasteiger partial charge is 0.266 e. The van der Waals surface area contributed by atoms with Crippen LogP contribution in [0.3, 0.4) is 0 Å². The van der Waals surface area contributed by atoms with Crippen molar-refractivity contribution < 1.29 is 14.3 Å². The van der Waals surface area contributed by atoms with Crippen LogP contribution >= 0.6 is 24.0 Å². The van der Waals surface area contributed by atoms with Gasteiger partial charge in [0.15, 0.2) is 0 Å². The van der Waals surface area contributed by atoms with Gasteiger partial charge < -0.3 is 9.47 Å². The first-order chi connectivity index (χ1) is 13.7. The van der Waals surface area contributed by atoms with Crippen molar-refractivity contribution in [3.05, 3.63) is 70.6 Å². The van der Waals surface area contributed by atoms with Crippen LogP contribution in [-0.4, -0.2) is 34.4 Å². The lowest BCUT2D eigenvalue weighted by molar-refractivity contribution is -0.123. The van der Waals surface area contributed by atoms with E-state index in [0.717, 1.165) is 36.3 Å². The summed E-state index contributed by atoms with van der Waals surface area (Å²) in [7, 11) is 0. The highest BCUT2D eigenvalue weighted by atomic mass is 32.2. The summed E-state index contributed by atoms with van der Waals surface area (Å²) in [5.74, 6) is 0.766. The molecule has 2 aromatic rings. The van der Waals surface area contributed by atoms with Crippen molar-refractivity contribution in [3.8, 4) is 5.75 Å². The number of ether oxygens (including phenoxy) is 2.